The number of rotatable bonds is 4. The molecule has 2 rings (SSSR count). The summed E-state index contributed by atoms with van der Waals surface area (Å²) in [5.74, 6) is 0.541. The first-order valence-corrected chi connectivity index (χ1v) is 6.17. The fraction of sp³-hybridized carbons (Fsp3) is 0.286. The molecule has 0 radical (unpaired) electrons. The van der Waals surface area contributed by atoms with Gasteiger partial charge < -0.3 is 19.4 Å². The first kappa shape index (κ1) is 14.1. The molecule has 20 heavy (non-hydrogen) atoms. The van der Waals surface area contributed by atoms with Crippen molar-refractivity contribution in [1.29, 1.82) is 0 Å². The Morgan fingerprint density at radius 1 is 1.45 bits per heavy atom. The summed E-state index contributed by atoms with van der Waals surface area (Å²) in [6.45, 7) is 1.74. The molecule has 0 saturated heterocycles. The summed E-state index contributed by atoms with van der Waals surface area (Å²) < 4.78 is 6.58. The maximum atomic E-state index is 11.9. The lowest BCUT2D eigenvalue weighted by molar-refractivity contribution is 0.0898. The van der Waals surface area contributed by atoms with Crippen LogP contribution in [0.1, 0.15) is 28.0 Å². The average Bonchev–Trinajstić information content (AvgIpc) is 2.85. The number of amides is 1. The Bertz CT molecular complexity index is 672. The van der Waals surface area contributed by atoms with Gasteiger partial charge in [-0.05, 0) is 31.2 Å². The van der Waals surface area contributed by atoms with Gasteiger partial charge in [0.15, 0.2) is 0 Å². The van der Waals surface area contributed by atoms with Gasteiger partial charge in [0.2, 0.25) is 0 Å². The van der Waals surface area contributed by atoms with Crippen molar-refractivity contribution in [3.8, 4) is 0 Å². The second kappa shape index (κ2) is 5.75. The number of hydrogen-bond donors (Lipinski definition) is 2. The topological polar surface area (TPSA) is 84.5 Å². The SMILES string of the molecule is Cc1ccc([C@@H](O)CNC(=O)c2cccn(C)c2=O)o1. The van der Waals surface area contributed by atoms with Gasteiger partial charge in [-0.2, -0.15) is 0 Å². The third kappa shape index (κ3) is 2.97. The van der Waals surface area contributed by atoms with Crippen LogP contribution in [-0.4, -0.2) is 22.1 Å². The lowest BCUT2D eigenvalue weighted by Crippen LogP contribution is -2.34. The number of hydrogen-bond acceptors (Lipinski definition) is 4. The highest BCUT2D eigenvalue weighted by molar-refractivity contribution is 5.93. The lowest BCUT2D eigenvalue weighted by atomic mass is 10.2. The predicted octanol–water partition coefficient (Wildman–Crippen LogP) is 0.750. The maximum absolute atomic E-state index is 11.9. The molecule has 2 heterocycles. The zero-order valence-corrected chi connectivity index (χ0v) is 11.3. The highest BCUT2D eigenvalue weighted by Crippen LogP contribution is 2.15. The Morgan fingerprint density at radius 2 is 2.20 bits per heavy atom. The Hall–Kier alpha value is -2.34. The van der Waals surface area contributed by atoms with Gasteiger partial charge in [-0.15, -0.1) is 0 Å². The molecule has 6 nitrogen and oxygen atoms in total. The summed E-state index contributed by atoms with van der Waals surface area (Å²) in [6.07, 6.45) is 0.625. The van der Waals surface area contributed by atoms with Gasteiger partial charge in [0.25, 0.3) is 11.5 Å². The van der Waals surface area contributed by atoms with Gasteiger partial charge in [-0.1, -0.05) is 0 Å². The number of aliphatic hydroxyl groups excluding tert-OH is 1. The van der Waals surface area contributed by atoms with Crippen molar-refractivity contribution < 1.29 is 14.3 Å². The van der Waals surface area contributed by atoms with Crippen molar-refractivity contribution in [1.82, 2.24) is 9.88 Å². The van der Waals surface area contributed by atoms with Crippen LogP contribution in [0.25, 0.3) is 0 Å². The summed E-state index contributed by atoms with van der Waals surface area (Å²) in [5, 5.41) is 12.4. The molecule has 0 unspecified atom stereocenters. The average molecular weight is 276 g/mol. The minimum atomic E-state index is -0.944. The van der Waals surface area contributed by atoms with Crippen LogP contribution in [0.2, 0.25) is 0 Å². The van der Waals surface area contributed by atoms with E-state index >= 15 is 0 Å². The van der Waals surface area contributed by atoms with E-state index < -0.39 is 12.0 Å². The third-order valence-electron chi connectivity index (χ3n) is 2.91. The van der Waals surface area contributed by atoms with Crippen LogP contribution in [0.4, 0.5) is 0 Å². The molecule has 0 saturated carbocycles. The normalized spacial score (nSPS) is 12.2. The van der Waals surface area contributed by atoms with Crippen molar-refractivity contribution >= 4 is 5.91 Å². The van der Waals surface area contributed by atoms with E-state index in [1.54, 1.807) is 38.4 Å². The molecule has 2 aromatic rings. The first-order valence-electron chi connectivity index (χ1n) is 6.17. The van der Waals surface area contributed by atoms with Gasteiger partial charge in [-0.3, -0.25) is 9.59 Å². The van der Waals surface area contributed by atoms with E-state index in [1.807, 2.05) is 0 Å². The fourth-order valence-electron chi connectivity index (χ4n) is 1.79. The quantitative estimate of drug-likeness (QED) is 0.863. The van der Waals surface area contributed by atoms with Crippen molar-refractivity contribution in [2.24, 2.45) is 7.05 Å². The number of carbonyl (C=O) groups is 1. The maximum Gasteiger partial charge on any atom is 0.263 e. The van der Waals surface area contributed by atoms with E-state index in [0.717, 1.165) is 0 Å². The monoisotopic (exact) mass is 276 g/mol. The fourth-order valence-corrected chi connectivity index (χ4v) is 1.79. The Balaban J connectivity index is 2.02. The van der Waals surface area contributed by atoms with Crippen LogP contribution < -0.4 is 10.9 Å². The van der Waals surface area contributed by atoms with Crippen molar-refractivity contribution in [2.75, 3.05) is 6.54 Å². The molecular formula is C14H16N2O4. The van der Waals surface area contributed by atoms with Crippen LogP contribution in [0.3, 0.4) is 0 Å². The summed E-state index contributed by atoms with van der Waals surface area (Å²) >= 11 is 0. The van der Waals surface area contributed by atoms with Gasteiger partial charge in [0, 0.05) is 13.2 Å². The van der Waals surface area contributed by atoms with Crippen LogP contribution in [-0.2, 0) is 7.05 Å². The van der Waals surface area contributed by atoms with Crippen LogP contribution in [0, 0.1) is 6.92 Å². The standard InChI is InChI=1S/C14H16N2O4/c1-9-5-6-12(20-9)11(17)8-15-13(18)10-4-3-7-16(2)14(10)19/h3-7,11,17H,8H2,1-2H3,(H,15,18)/t11-/m0/s1. The van der Waals surface area contributed by atoms with Crippen LogP contribution in [0.15, 0.2) is 39.7 Å². The van der Waals surface area contributed by atoms with Gasteiger partial charge in [0.1, 0.15) is 23.2 Å². The Labute approximate surface area is 115 Å². The number of pyridine rings is 1. The molecule has 0 bridgehead atoms. The van der Waals surface area contributed by atoms with Crippen molar-refractivity contribution in [3.05, 3.63) is 57.9 Å². The molecule has 0 aliphatic rings. The molecule has 106 valence electrons. The number of furan rings is 1. The van der Waals surface area contributed by atoms with Crippen molar-refractivity contribution in [2.45, 2.75) is 13.0 Å². The van der Waals surface area contributed by atoms with E-state index in [2.05, 4.69) is 5.32 Å². The van der Waals surface area contributed by atoms with Gasteiger partial charge in [-0.25, -0.2) is 0 Å². The van der Waals surface area contributed by atoms with Crippen molar-refractivity contribution in [3.63, 3.8) is 0 Å². The van der Waals surface area contributed by atoms with Crippen LogP contribution >= 0.6 is 0 Å². The van der Waals surface area contributed by atoms with E-state index in [1.165, 1.54) is 10.6 Å². The number of aliphatic hydroxyl groups is 1. The van der Waals surface area contributed by atoms with E-state index in [4.69, 9.17) is 4.42 Å². The minimum absolute atomic E-state index is 0.0240. The first-order chi connectivity index (χ1) is 9.49. The molecule has 0 spiro atoms. The number of nitrogens with zero attached hydrogens (tertiary/aromatic N) is 1. The van der Waals surface area contributed by atoms with E-state index in [-0.39, 0.29) is 17.7 Å². The zero-order chi connectivity index (χ0) is 14.7. The molecule has 2 N–H and O–H groups in total. The summed E-state index contributed by atoms with van der Waals surface area (Å²) in [4.78, 5) is 23.6. The van der Waals surface area contributed by atoms with Gasteiger partial charge >= 0.3 is 0 Å². The molecule has 6 heteroatoms. The second-order valence-electron chi connectivity index (χ2n) is 4.51. The molecule has 0 aromatic carbocycles. The zero-order valence-electron chi connectivity index (χ0n) is 11.3. The number of carbonyl (C=O) groups excluding carboxylic acids is 1. The highest BCUT2D eigenvalue weighted by atomic mass is 16.4. The number of aryl methyl sites for hydroxylation is 2. The third-order valence-corrected chi connectivity index (χ3v) is 2.91. The second-order valence-corrected chi connectivity index (χ2v) is 4.51. The molecule has 0 aliphatic heterocycles. The Morgan fingerprint density at radius 3 is 2.85 bits per heavy atom. The minimum Gasteiger partial charge on any atom is -0.464 e. The van der Waals surface area contributed by atoms with E-state index in [9.17, 15) is 14.7 Å². The summed E-state index contributed by atoms with van der Waals surface area (Å²) in [5.41, 5.74) is -0.342. The molecule has 2 aromatic heterocycles. The predicted molar refractivity (Wildman–Crippen MR) is 72.4 cm³/mol. The molecule has 1 atom stereocenters. The summed E-state index contributed by atoms with van der Waals surface area (Å²) in [7, 11) is 1.57. The number of nitrogens with one attached hydrogen (secondary N) is 1. The Kier molecular flexibility index (Phi) is 4.05. The molecule has 0 fully saturated rings. The largest absolute Gasteiger partial charge is 0.464 e. The summed E-state index contributed by atoms with van der Waals surface area (Å²) in [6, 6.07) is 6.44. The molecule has 0 aliphatic carbocycles. The van der Waals surface area contributed by atoms with E-state index in [0.29, 0.717) is 11.5 Å². The molecular weight excluding hydrogens is 260 g/mol. The lowest BCUT2D eigenvalue weighted by Gasteiger charge is -2.09. The van der Waals surface area contributed by atoms with Gasteiger partial charge in [0.05, 0.1) is 6.54 Å². The highest BCUT2D eigenvalue weighted by Gasteiger charge is 2.15. The smallest absolute Gasteiger partial charge is 0.263 e. The number of aromatic nitrogens is 1. The molecule has 1 amide bonds. The van der Waals surface area contributed by atoms with Crippen LogP contribution in [0.5, 0.6) is 0 Å².